The summed E-state index contributed by atoms with van der Waals surface area (Å²) in [5.41, 5.74) is 5.96. The van der Waals surface area contributed by atoms with Gasteiger partial charge in [-0.2, -0.15) is 5.10 Å². The van der Waals surface area contributed by atoms with Crippen LogP contribution in [0, 0.1) is 6.92 Å². The summed E-state index contributed by atoms with van der Waals surface area (Å²) in [5, 5.41) is 15.3. The van der Waals surface area contributed by atoms with Gasteiger partial charge in [0.05, 0.1) is 24.3 Å². The molecule has 7 heteroatoms. The molecule has 29 heavy (non-hydrogen) atoms. The van der Waals surface area contributed by atoms with Crippen LogP contribution in [0.2, 0.25) is 0 Å². The SMILES string of the molecule is Cc1nonc1CC(=O)N[C@H]1CCCc2c1cnn2-c1ccc(C(C)(C)C)cc1. The number of amides is 1. The monoisotopic (exact) mass is 393 g/mol. The lowest BCUT2D eigenvalue weighted by molar-refractivity contribution is -0.121. The summed E-state index contributed by atoms with van der Waals surface area (Å²) >= 11 is 0. The van der Waals surface area contributed by atoms with Crippen LogP contribution in [0.1, 0.15) is 67.9 Å². The van der Waals surface area contributed by atoms with E-state index in [0.717, 1.165) is 30.5 Å². The topological polar surface area (TPSA) is 85.8 Å². The van der Waals surface area contributed by atoms with Crippen LogP contribution in [0.25, 0.3) is 5.69 Å². The molecule has 1 N–H and O–H groups in total. The van der Waals surface area contributed by atoms with Gasteiger partial charge < -0.3 is 5.32 Å². The zero-order chi connectivity index (χ0) is 20.6. The van der Waals surface area contributed by atoms with Gasteiger partial charge in [-0.1, -0.05) is 43.2 Å². The molecule has 3 aromatic rings. The van der Waals surface area contributed by atoms with E-state index in [2.05, 4.69) is 70.4 Å². The maximum Gasteiger partial charge on any atom is 0.226 e. The number of hydrogen-bond acceptors (Lipinski definition) is 5. The first kappa shape index (κ1) is 19.4. The predicted molar refractivity (Wildman–Crippen MR) is 109 cm³/mol. The molecular weight excluding hydrogens is 366 g/mol. The summed E-state index contributed by atoms with van der Waals surface area (Å²) in [7, 11) is 0. The van der Waals surface area contributed by atoms with Crippen molar-refractivity contribution < 1.29 is 9.42 Å². The Morgan fingerprint density at radius 1 is 1.24 bits per heavy atom. The van der Waals surface area contributed by atoms with Gasteiger partial charge in [0, 0.05) is 11.3 Å². The molecule has 0 spiro atoms. The molecule has 1 aromatic carbocycles. The van der Waals surface area contributed by atoms with Gasteiger partial charge in [-0.05, 0) is 49.3 Å². The van der Waals surface area contributed by atoms with E-state index in [1.54, 1.807) is 6.92 Å². The maximum absolute atomic E-state index is 12.5. The van der Waals surface area contributed by atoms with Gasteiger partial charge >= 0.3 is 0 Å². The molecule has 1 aliphatic carbocycles. The van der Waals surface area contributed by atoms with Crippen LogP contribution in [-0.2, 0) is 23.1 Å². The fraction of sp³-hybridized carbons (Fsp3) is 0.455. The number of carbonyl (C=O) groups excluding carboxylic acids is 1. The van der Waals surface area contributed by atoms with E-state index in [1.165, 1.54) is 11.3 Å². The Bertz CT molecular complexity index is 1010. The molecule has 0 bridgehead atoms. The van der Waals surface area contributed by atoms with Crippen LogP contribution in [0.5, 0.6) is 0 Å². The van der Waals surface area contributed by atoms with E-state index in [-0.39, 0.29) is 23.8 Å². The van der Waals surface area contributed by atoms with Gasteiger partial charge in [0.1, 0.15) is 11.4 Å². The molecule has 0 radical (unpaired) electrons. The molecule has 2 heterocycles. The Morgan fingerprint density at radius 3 is 2.66 bits per heavy atom. The third kappa shape index (κ3) is 3.95. The Labute approximate surface area is 170 Å². The fourth-order valence-electron chi connectivity index (χ4n) is 3.84. The lowest BCUT2D eigenvalue weighted by Crippen LogP contribution is -2.32. The molecule has 2 aromatic heterocycles. The van der Waals surface area contributed by atoms with Crippen LogP contribution < -0.4 is 5.32 Å². The highest BCUT2D eigenvalue weighted by Gasteiger charge is 2.26. The highest BCUT2D eigenvalue weighted by Crippen LogP contribution is 2.31. The molecule has 1 amide bonds. The van der Waals surface area contributed by atoms with Crippen molar-refractivity contribution in [1.82, 2.24) is 25.4 Å². The summed E-state index contributed by atoms with van der Waals surface area (Å²) in [6.07, 6.45) is 4.93. The fourth-order valence-corrected chi connectivity index (χ4v) is 3.84. The van der Waals surface area contributed by atoms with Crippen LogP contribution >= 0.6 is 0 Å². The van der Waals surface area contributed by atoms with Gasteiger partial charge in [-0.15, -0.1) is 0 Å². The molecule has 152 valence electrons. The first-order chi connectivity index (χ1) is 13.8. The number of fused-ring (bicyclic) bond motifs is 1. The number of aromatic nitrogens is 4. The Balaban J connectivity index is 1.53. The van der Waals surface area contributed by atoms with Crippen LogP contribution in [0.15, 0.2) is 35.1 Å². The van der Waals surface area contributed by atoms with Crippen molar-refractivity contribution in [2.24, 2.45) is 0 Å². The van der Waals surface area contributed by atoms with Crippen molar-refractivity contribution in [3.8, 4) is 5.69 Å². The number of hydrogen-bond donors (Lipinski definition) is 1. The second kappa shape index (κ2) is 7.46. The number of nitrogens with zero attached hydrogens (tertiary/aromatic N) is 4. The van der Waals surface area contributed by atoms with E-state index in [1.807, 2.05) is 10.9 Å². The lowest BCUT2D eigenvalue weighted by atomic mass is 9.87. The number of carbonyl (C=O) groups is 1. The molecule has 4 rings (SSSR count). The van der Waals surface area contributed by atoms with Gasteiger partial charge in [0.25, 0.3) is 0 Å². The predicted octanol–water partition coefficient (Wildman–Crippen LogP) is 3.60. The van der Waals surface area contributed by atoms with Crippen LogP contribution in [0.4, 0.5) is 0 Å². The van der Waals surface area contributed by atoms with Crippen molar-refractivity contribution in [2.45, 2.75) is 64.8 Å². The summed E-state index contributed by atoms with van der Waals surface area (Å²) < 4.78 is 6.69. The third-order valence-electron chi connectivity index (χ3n) is 5.57. The van der Waals surface area contributed by atoms with Gasteiger partial charge in [-0.25, -0.2) is 9.31 Å². The highest BCUT2D eigenvalue weighted by molar-refractivity contribution is 5.78. The molecular formula is C22H27N5O2. The molecule has 1 atom stereocenters. The summed E-state index contributed by atoms with van der Waals surface area (Å²) in [6, 6.07) is 8.54. The number of aryl methyl sites for hydroxylation is 1. The normalized spacial score (nSPS) is 16.5. The molecule has 0 saturated carbocycles. The van der Waals surface area contributed by atoms with E-state index >= 15 is 0 Å². The van der Waals surface area contributed by atoms with Crippen molar-refractivity contribution in [2.75, 3.05) is 0 Å². The van der Waals surface area contributed by atoms with E-state index in [4.69, 9.17) is 0 Å². The average molecular weight is 393 g/mol. The van der Waals surface area contributed by atoms with Crippen molar-refractivity contribution in [3.63, 3.8) is 0 Å². The first-order valence-electron chi connectivity index (χ1n) is 10.1. The minimum Gasteiger partial charge on any atom is -0.349 e. The van der Waals surface area contributed by atoms with Crippen LogP contribution in [-0.4, -0.2) is 26.0 Å². The largest absolute Gasteiger partial charge is 0.349 e. The summed E-state index contributed by atoms with van der Waals surface area (Å²) in [4.78, 5) is 12.5. The zero-order valence-corrected chi connectivity index (χ0v) is 17.4. The molecule has 0 saturated heterocycles. The molecule has 0 fully saturated rings. The summed E-state index contributed by atoms with van der Waals surface area (Å²) in [6.45, 7) is 8.41. The van der Waals surface area contributed by atoms with Crippen LogP contribution in [0.3, 0.4) is 0 Å². The second-order valence-corrected chi connectivity index (χ2v) is 8.74. The quantitative estimate of drug-likeness (QED) is 0.732. The van der Waals surface area contributed by atoms with E-state index in [0.29, 0.717) is 11.4 Å². The smallest absolute Gasteiger partial charge is 0.226 e. The second-order valence-electron chi connectivity index (χ2n) is 8.74. The molecule has 7 nitrogen and oxygen atoms in total. The van der Waals surface area contributed by atoms with E-state index in [9.17, 15) is 4.79 Å². The molecule has 0 aliphatic heterocycles. The average Bonchev–Trinajstić information content (AvgIpc) is 3.28. The lowest BCUT2D eigenvalue weighted by Gasteiger charge is -2.24. The zero-order valence-electron chi connectivity index (χ0n) is 17.4. The number of nitrogens with one attached hydrogen (secondary N) is 1. The van der Waals surface area contributed by atoms with Gasteiger partial charge in [0.2, 0.25) is 5.91 Å². The minimum absolute atomic E-state index is 0.0333. The van der Waals surface area contributed by atoms with Crippen molar-refractivity contribution in [1.29, 1.82) is 0 Å². The maximum atomic E-state index is 12.5. The number of rotatable bonds is 4. The Morgan fingerprint density at radius 2 is 2.00 bits per heavy atom. The minimum atomic E-state index is -0.0797. The van der Waals surface area contributed by atoms with Gasteiger partial charge in [0.15, 0.2) is 0 Å². The Kier molecular flexibility index (Phi) is 4.98. The number of benzene rings is 1. The standard InChI is InChI=1S/C22H27N5O2/c1-14-19(26-29-25-14)12-21(28)24-18-6-5-7-20-17(18)13-23-27(20)16-10-8-15(9-11-16)22(2,3)4/h8-11,13,18H,5-7,12H2,1-4H3,(H,24,28)/t18-/m0/s1. The van der Waals surface area contributed by atoms with Crippen molar-refractivity contribution >= 4 is 5.91 Å². The molecule has 1 aliphatic rings. The highest BCUT2D eigenvalue weighted by atomic mass is 16.6. The van der Waals surface area contributed by atoms with E-state index < -0.39 is 0 Å². The Hall–Kier alpha value is -2.96. The first-order valence-corrected chi connectivity index (χ1v) is 10.1. The van der Waals surface area contributed by atoms with Gasteiger partial charge in [-0.3, -0.25) is 4.79 Å². The van der Waals surface area contributed by atoms with Crippen molar-refractivity contribution in [3.05, 3.63) is 58.7 Å². The third-order valence-corrected chi connectivity index (χ3v) is 5.57. The molecule has 0 unspecified atom stereocenters. The summed E-state index contributed by atoms with van der Waals surface area (Å²) in [5.74, 6) is -0.0797.